The van der Waals surface area contributed by atoms with Gasteiger partial charge in [0.1, 0.15) is 5.75 Å². The smallest absolute Gasteiger partial charge is 0.262 e. The summed E-state index contributed by atoms with van der Waals surface area (Å²) in [7, 11) is 1.95. The lowest BCUT2D eigenvalue weighted by Crippen LogP contribution is -2.26. The van der Waals surface area contributed by atoms with Crippen LogP contribution in [0.2, 0.25) is 0 Å². The molecule has 17 heavy (non-hydrogen) atoms. The van der Waals surface area contributed by atoms with E-state index in [1.807, 2.05) is 25.2 Å². The van der Waals surface area contributed by atoms with E-state index in [1.54, 1.807) is 0 Å². The number of hydrogen-bond acceptors (Lipinski definition) is 3. The summed E-state index contributed by atoms with van der Waals surface area (Å²) in [6, 6.07) is 6.28. The summed E-state index contributed by atoms with van der Waals surface area (Å²) >= 11 is 0. The van der Waals surface area contributed by atoms with Gasteiger partial charge >= 0.3 is 0 Å². The summed E-state index contributed by atoms with van der Waals surface area (Å²) in [5.74, 6) is 0.658. The highest BCUT2D eigenvalue weighted by Crippen LogP contribution is 2.31. The molecule has 0 aromatic heterocycles. The van der Waals surface area contributed by atoms with Gasteiger partial charge in [-0.3, -0.25) is 4.79 Å². The molecule has 0 aliphatic carbocycles. The van der Waals surface area contributed by atoms with Gasteiger partial charge in [0.15, 0.2) is 6.61 Å². The molecule has 1 heterocycles. The van der Waals surface area contributed by atoms with Gasteiger partial charge in [-0.2, -0.15) is 0 Å². The van der Waals surface area contributed by atoms with Gasteiger partial charge in [-0.1, -0.05) is 19.4 Å². The second-order valence-electron chi connectivity index (χ2n) is 4.22. The molecule has 1 aliphatic rings. The van der Waals surface area contributed by atoms with Crippen LogP contribution in [0.4, 0.5) is 5.69 Å². The van der Waals surface area contributed by atoms with E-state index in [2.05, 4.69) is 17.6 Å². The standard InChI is InChI=1S/C13H18N2O2/c1-3-4-10(14-2)9-5-6-12-11(7-9)15-13(16)8-17-12/h5-7,10,14H,3-4,8H2,1-2H3,(H,15,16). The molecular weight excluding hydrogens is 216 g/mol. The number of anilines is 1. The molecule has 4 nitrogen and oxygen atoms in total. The minimum Gasteiger partial charge on any atom is -0.482 e. The minimum atomic E-state index is -0.0915. The molecule has 0 saturated heterocycles. The quantitative estimate of drug-likeness (QED) is 0.838. The second kappa shape index (κ2) is 5.19. The molecule has 1 unspecified atom stereocenters. The number of nitrogens with one attached hydrogen (secondary N) is 2. The van der Waals surface area contributed by atoms with Crippen molar-refractivity contribution in [3.8, 4) is 5.75 Å². The topological polar surface area (TPSA) is 50.4 Å². The van der Waals surface area contributed by atoms with Crippen LogP contribution in [0.5, 0.6) is 5.75 Å². The predicted octanol–water partition coefficient (Wildman–Crippen LogP) is 2.08. The maximum absolute atomic E-state index is 11.3. The van der Waals surface area contributed by atoms with Gasteiger partial charge in [0, 0.05) is 6.04 Å². The molecule has 1 aromatic carbocycles. The second-order valence-corrected chi connectivity index (χ2v) is 4.22. The molecular formula is C13H18N2O2. The lowest BCUT2D eigenvalue weighted by molar-refractivity contribution is -0.118. The zero-order valence-corrected chi connectivity index (χ0v) is 10.2. The highest BCUT2D eigenvalue weighted by molar-refractivity contribution is 5.95. The third-order valence-corrected chi connectivity index (χ3v) is 2.96. The van der Waals surface area contributed by atoms with Crippen molar-refractivity contribution in [3.63, 3.8) is 0 Å². The maximum Gasteiger partial charge on any atom is 0.262 e. The van der Waals surface area contributed by atoms with Gasteiger partial charge in [0.2, 0.25) is 0 Å². The Kier molecular flexibility index (Phi) is 3.64. The van der Waals surface area contributed by atoms with Gasteiger partial charge in [-0.25, -0.2) is 0 Å². The van der Waals surface area contributed by atoms with E-state index in [-0.39, 0.29) is 12.5 Å². The largest absolute Gasteiger partial charge is 0.482 e. The van der Waals surface area contributed by atoms with Crippen LogP contribution in [0.1, 0.15) is 31.4 Å². The van der Waals surface area contributed by atoms with Crippen LogP contribution in [0.15, 0.2) is 18.2 Å². The van der Waals surface area contributed by atoms with Crippen LogP contribution >= 0.6 is 0 Å². The monoisotopic (exact) mass is 234 g/mol. The number of fused-ring (bicyclic) bond motifs is 1. The van der Waals surface area contributed by atoms with Gasteiger partial charge in [0.25, 0.3) is 5.91 Å². The Balaban J connectivity index is 2.25. The third kappa shape index (κ3) is 2.58. The molecule has 0 fully saturated rings. The normalized spacial score (nSPS) is 15.8. The molecule has 4 heteroatoms. The van der Waals surface area contributed by atoms with E-state index in [0.29, 0.717) is 6.04 Å². The van der Waals surface area contributed by atoms with Crippen LogP contribution in [0.3, 0.4) is 0 Å². The van der Waals surface area contributed by atoms with Gasteiger partial charge < -0.3 is 15.4 Å². The van der Waals surface area contributed by atoms with Gasteiger partial charge in [-0.05, 0) is 31.2 Å². The van der Waals surface area contributed by atoms with E-state index >= 15 is 0 Å². The van der Waals surface area contributed by atoms with Crippen molar-refractivity contribution < 1.29 is 9.53 Å². The lowest BCUT2D eigenvalue weighted by Gasteiger charge is -2.21. The zero-order valence-electron chi connectivity index (χ0n) is 10.2. The summed E-state index contributed by atoms with van der Waals surface area (Å²) in [6.07, 6.45) is 2.19. The first-order valence-electron chi connectivity index (χ1n) is 5.98. The van der Waals surface area contributed by atoms with Crippen molar-refractivity contribution >= 4 is 11.6 Å². The van der Waals surface area contributed by atoms with Crippen LogP contribution in [-0.2, 0) is 4.79 Å². The number of ether oxygens (including phenoxy) is 1. The highest BCUT2D eigenvalue weighted by Gasteiger charge is 2.17. The number of carbonyl (C=O) groups is 1. The number of rotatable bonds is 4. The number of hydrogen-bond donors (Lipinski definition) is 2. The molecule has 0 bridgehead atoms. The maximum atomic E-state index is 11.3. The Morgan fingerprint density at radius 1 is 1.53 bits per heavy atom. The van der Waals surface area contributed by atoms with E-state index in [9.17, 15) is 4.79 Å². The summed E-state index contributed by atoms with van der Waals surface area (Å²) in [6.45, 7) is 2.27. The third-order valence-electron chi connectivity index (χ3n) is 2.96. The Hall–Kier alpha value is -1.55. The molecule has 2 rings (SSSR count). The molecule has 2 N–H and O–H groups in total. The van der Waals surface area contributed by atoms with Gasteiger partial charge in [-0.15, -0.1) is 0 Å². The number of carbonyl (C=O) groups excluding carboxylic acids is 1. The van der Waals surface area contributed by atoms with Crippen LogP contribution in [0, 0.1) is 0 Å². The Morgan fingerprint density at radius 2 is 2.35 bits per heavy atom. The highest BCUT2D eigenvalue weighted by atomic mass is 16.5. The van der Waals surface area contributed by atoms with Crippen molar-refractivity contribution in [3.05, 3.63) is 23.8 Å². The average molecular weight is 234 g/mol. The first-order valence-corrected chi connectivity index (χ1v) is 5.98. The molecule has 1 amide bonds. The van der Waals surface area contributed by atoms with Gasteiger partial charge in [0.05, 0.1) is 5.69 Å². The summed E-state index contributed by atoms with van der Waals surface area (Å²) in [5.41, 5.74) is 1.95. The first kappa shape index (κ1) is 11.9. The van der Waals surface area contributed by atoms with Crippen molar-refractivity contribution in [2.45, 2.75) is 25.8 Å². The summed E-state index contributed by atoms with van der Waals surface area (Å²) < 4.78 is 5.33. The molecule has 0 spiro atoms. The van der Waals surface area contributed by atoms with Crippen molar-refractivity contribution in [1.82, 2.24) is 5.32 Å². The molecule has 1 atom stereocenters. The van der Waals surface area contributed by atoms with E-state index in [0.717, 1.165) is 24.3 Å². The van der Waals surface area contributed by atoms with Crippen molar-refractivity contribution in [2.75, 3.05) is 19.0 Å². The predicted molar refractivity (Wildman–Crippen MR) is 67.3 cm³/mol. The van der Waals surface area contributed by atoms with E-state index in [4.69, 9.17) is 4.74 Å². The summed E-state index contributed by atoms with van der Waals surface area (Å²) in [4.78, 5) is 11.3. The zero-order chi connectivity index (χ0) is 12.3. The van der Waals surface area contributed by atoms with Crippen molar-refractivity contribution in [2.24, 2.45) is 0 Å². The fourth-order valence-electron chi connectivity index (χ4n) is 2.08. The van der Waals surface area contributed by atoms with E-state index in [1.165, 1.54) is 5.56 Å². The fourth-order valence-corrected chi connectivity index (χ4v) is 2.08. The lowest BCUT2D eigenvalue weighted by atomic mass is 10.0. The molecule has 92 valence electrons. The Labute approximate surface area is 101 Å². The van der Waals surface area contributed by atoms with E-state index < -0.39 is 0 Å². The van der Waals surface area contributed by atoms with Crippen LogP contribution in [0.25, 0.3) is 0 Å². The summed E-state index contributed by atoms with van der Waals surface area (Å²) in [5, 5.41) is 6.11. The average Bonchev–Trinajstić information content (AvgIpc) is 2.35. The Bertz CT molecular complexity index is 418. The molecule has 1 aromatic rings. The van der Waals surface area contributed by atoms with Crippen LogP contribution < -0.4 is 15.4 Å². The fraction of sp³-hybridized carbons (Fsp3) is 0.462. The molecule has 0 radical (unpaired) electrons. The number of benzene rings is 1. The van der Waals surface area contributed by atoms with Crippen LogP contribution in [-0.4, -0.2) is 19.6 Å². The Morgan fingerprint density at radius 3 is 3.06 bits per heavy atom. The minimum absolute atomic E-state index is 0.0915. The first-order chi connectivity index (χ1) is 8.24. The molecule has 1 aliphatic heterocycles. The molecule has 0 saturated carbocycles. The van der Waals surface area contributed by atoms with Crippen molar-refractivity contribution in [1.29, 1.82) is 0 Å². The number of amides is 1. The SMILES string of the molecule is CCCC(NC)c1ccc2c(c1)NC(=O)CO2.